The van der Waals surface area contributed by atoms with E-state index in [9.17, 15) is 9.18 Å². The Balaban J connectivity index is 0.00000242. The number of thiazole rings is 1. The van der Waals surface area contributed by atoms with Gasteiger partial charge < -0.3 is 15.4 Å². The first kappa shape index (κ1) is 18.3. The number of aromatic nitrogens is 1. The Morgan fingerprint density at radius 1 is 1.45 bits per heavy atom. The Labute approximate surface area is 138 Å². The summed E-state index contributed by atoms with van der Waals surface area (Å²) >= 11 is 1.29. The minimum absolute atomic E-state index is 0. The molecule has 1 amide bonds. The minimum atomic E-state index is -0.363. The third-order valence-corrected chi connectivity index (χ3v) is 3.55. The molecule has 5 nitrogen and oxygen atoms in total. The van der Waals surface area contributed by atoms with Gasteiger partial charge in [0, 0.05) is 23.9 Å². The Morgan fingerprint density at radius 2 is 2.23 bits per heavy atom. The van der Waals surface area contributed by atoms with Crippen LogP contribution in [0, 0.1) is 5.82 Å². The quantitative estimate of drug-likeness (QED) is 0.845. The van der Waals surface area contributed by atoms with Gasteiger partial charge in [-0.3, -0.25) is 4.79 Å². The fourth-order valence-electron chi connectivity index (χ4n) is 1.76. The first-order valence-electron chi connectivity index (χ1n) is 6.38. The molecule has 0 aliphatic rings. The molecule has 0 unspecified atom stereocenters. The third kappa shape index (κ3) is 4.66. The predicted molar refractivity (Wildman–Crippen MR) is 88.5 cm³/mol. The molecule has 0 fully saturated rings. The average molecular weight is 346 g/mol. The lowest BCUT2D eigenvalue weighted by Crippen LogP contribution is -2.18. The SMILES string of the molecule is CNCCC(=O)Nc1nc(-c2cc(F)ccc2OC)cs1.Cl. The van der Waals surface area contributed by atoms with E-state index in [0.29, 0.717) is 35.1 Å². The van der Waals surface area contributed by atoms with Crippen LogP contribution in [-0.4, -0.2) is 31.6 Å². The summed E-state index contributed by atoms with van der Waals surface area (Å²) in [5.41, 5.74) is 1.13. The van der Waals surface area contributed by atoms with Gasteiger partial charge in [0.2, 0.25) is 5.91 Å². The van der Waals surface area contributed by atoms with Crippen LogP contribution in [0.25, 0.3) is 11.3 Å². The van der Waals surface area contributed by atoms with E-state index in [4.69, 9.17) is 4.74 Å². The van der Waals surface area contributed by atoms with Gasteiger partial charge in [-0.1, -0.05) is 0 Å². The molecule has 2 rings (SSSR count). The number of nitrogens with zero attached hydrogens (tertiary/aromatic N) is 1. The zero-order valence-electron chi connectivity index (χ0n) is 12.2. The largest absolute Gasteiger partial charge is 0.496 e. The normalized spacial score (nSPS) is 9.95. The smallest absolute Gasteiger partial charge is 0.227 e. The van der Waals surface area contributed by atoms with Gasteiger partial charge in [-0.15, -0.1) is 23.7 Å². The van der Waals surface area contributed by atoms with Gasteiger partial charge in [-0.2, -0.15) is 0 Å². The van der Waals surface area contributed by atoms with Crippen molar-refractivity contribution >= 4 is 34.8 Å². The molecule has 2 aromatic rings. The molecular formula is C14H17ClFN3O2S. The second kappa shape index (κ2) is 8.67. The van der Waals surface area contributed by atoms with E-state index in [-0.39, 0.29) is 24.1 Å². The van der Waals surface area contributed by atoms with E-state index in [1.807, 2.05) is 0 Å². The van der Waals surface area contributed by atoms with Crippen LogP contribution in [0.5, 0.6) is 5.75 Å². The molecule has 0 atom stereocenters. The summed E-state index contributed by atoms with van der Waals surface area (Å²) in [6.07, 6.45) is 0.370. The highest BCUT2D eigenvalue weighted by molar-refractivity contribution is 7.14. The number of nitrogens with one attached hydrogen (secondary N) is 2. The molecule has 0 saturated carbocycles. The number of methoxy groups -OCH3 is 1. The van der Waals surface area contributed by atoms with Crippen LogP contribution in [0.2, 0.25) is 0 Å². The Hall–Kier alpha value is -1.70. The number of amides is 1. The predicted octanol–water partition coefficient (Wildman–Crippen LogP) is 2.93. The van der Waals surface area contributed by atoms with Crippen LogP contribution in [0.15, 0.2) is 23.6 Å². The van der Waals surface area contributed by atoms with Crippen molar-refractivity contribution in [3.8, 4) is 17.0 Å². The van der Waals surface area contributed by atoms with Gasteiger partial charge in [0.25, 0.3) is 0 Å². The Bertz CT molecular complexity index is 636. The molecule has 0 bridgehead atoms. The van der Waals surface area contributed by atoms with Crippen LogP contribution < -0.4 is 15.4 Å². The monoisotopic (exact) mass is 345 g/mol. The highest BCUT2D eigenvalue weighted by atomic mass is 35.5. The third-order valence-electron chi connectivity index (χ3n) is 2.79. The summed E-state index contributed by atoms with van der Waals surface area (Å²) in [7, 11) is 3.30. The Morgan fingerprint density at radius 3 is 2.91 bits per heavy atom. The molecule has 1 aromatic heterocycles. The standard InChI is InChI=1S/C14H16FN3O2S.ClH/c1-16-6-5-13(19)18-14-17-11(8-21-14)10-7-9(15)3-4-12(10)20-2;/h3-4,7-8,16H,5-6H2,1-2H3,(H,17,18,19);1H. The number of anilines is 1. The van der Waals surface area contributed by atoms with Gasteiger partial charge in [-0.25, -0.2) is 9.37 Å². The van der Waals surface area contributed by atoms with E-state index in [1.165, 1.54) is 30.6 Å². The van der Waals surface area contributed by atoms with Crippen molar-refractivity contribution in [3.05, 3.63) is 29.4 Å². The molecule has 22 heavy (non-hydrogen) atoms. The molecule has 0 aliphatic carbocycles. The van der Waals surface area contributed by atoms with Crippen LogP contribution >= 0.6 is 23.7 Å². The van der Waals surface area contributed by atoms with E-state index >= 15 is 0 Å². The van der Waals surface area contributed by atoms with Gasteiger partial charge in [-0.05, 0) is 25.2 Å². The maximum absolute atomic E-state index is 13.4. The maximum atomic E-state index is 13.4. The summed E-state index contributed by atoms with van der Waals surface area (Å²) in [4.78, 5) is 15.9. The van der Waals surface area contributed by atoms with E-state index in [1.54, 1.807) is 18.5 Å². The van der Waals surface area contributed by atoms with Crippen LogP contribution in [0.1, 0.15) is 6.42 Å². The van der Waals surface area contributed by atoms with Crippen molar-refractivity contribution in [2.45, 2.75) is 6.42 Å². The van der Waals surface area contributed by atoms with Crippen molar-refractivity contribution < 1.29 is 13.9 Å². The van der Waals surface area contributed by atoms with E-state index < -0.39 is 0 Å². The molecule has 0 saturated heterocycles. The lowest BCUT2D eigenvalue weighted by Gasteiger charge is -2.06. The second-order valence-electron chi connectivity index (χ2n) is 4.28. The van der Waals surface area contributed by atoms with Crippen molar-refractivity contribution in [2.75, 3.05) is 26.0 Å². The van der Waals surface area contributed by atoms with Gasteiger partial charge >= 0.3 is 0 Å². The number of ether oxygens (including phenoxy) is 1. The molecule has 1 heterocycles. The zero-order chi connectivity index (χ0) is 15.2. The molecule has 8 heteroatoms. The average Bonchev–Trinajstić information content (AvgIpc) is 2.93. The number of rotatable bonds is 6. The fourth-order valence-corrected chi connectivity index (χ4v) is 2.48. The maximum Gasteiger partial charge on any atom is 0.227 e. The summed E-state index contributed by atoms with van der Waals surface area (Å²) in [6.45, 7) is 0.599. The Kier molecular flexibility index (Phi) is 7.23. The topological polar surface area (TPSA) is 63.2 Å². The van der Waals surface area contributed by atoms with Crippen molar-refractivity contribution in [1.29, 1.82) is 0 Å². The van der Waals surface area contributed by atoms with Gasteiger partial charge in [0.05, 0.1) is 12.8 Å². The summed E-state index contributed by atoms with van der Waals surface area (Å²) in [6, 6.07) is 4.24. The first-order chi connectivity index (χ1) is 10.1. The van der Waals surface area contributed by atoms with Crippen molar-refractivity contribution in [2.24, 2.45) is 0 Å². The summed E-state index contributed by atoms with van der Waals surface area (Å²) in [5, 5.41) is 7.85. The number of halogens is 2. The number of hydrogen-bond donors (Lipinski definition) is 2. The van der Waals surface area contributed by atoms with E-state index in [0.717, 1.165) is 0 Å². The lowest BCUT2D eigenvalue weighted by atomic mass is 10.1. The molecule has 0 aliphatic heterocycles. The molecule has 0 spiro atoms. The van der Waals surface area contributed by atoms with Gasteiger partial charge in [0.1, 0.15) is 11.6 Å². The van der Waals surface area contributed by atoms with Crippen LogP contribution in [0.4, 0.5) is 9.52 Å². The molecule has 0 radical (unpaired) electrons. The van der Waals surface area contributed by atoms with Crippen LogP contribution in [-0.2, 0) is 4.79 Å². The molecule has 120 valence electrons. The van der Waals surface area contributed by atoms with E-state index in [2.05, 4.69) is 15.6 Å². The highest BCUT2D eigenvalue weighted by Gasteiger charge is 2.12. The second-order valence-corrected chi connectivity index (χ2v) is 5.14. The number of hydrogen-bond acceptors (Lipinski definition) is 5. The fraction of sp³-hybridized carbons (Fsp3) is 0.286. The van der Waals surface area contributed by atoms with Crippen molar-refractivity contribution in [3.63, 3.8) is 0 Å². The van der Waals surface area contributed by atoms with Crippen molar-refractivity contribution in [1.82, 2.24) is 10.3 Å². The zero-order valence-corrected chi connectivity index (χ0v) is 13.8. The highest BCUT2D eigenvalue weighted by Crippen LogP contribution is 2.32. The summed E-state index contributed by atoms with van der Waals surface area (Å²) in [5.74, 6) is 0.0598. The summed E-state index contributed by atoms with van der Waals surface area (Å²) < 4.78 is 18.6. The first-order valence-corrected chi connectivity index (χ1v) is 7.26. The van der Waals surface area contributed by atoms with Gasteiger partial charge in [0.15, 0.2) is 5.13 Å². The molecule has 2 N–H and O–H groups in total. The lowest BCUT2D eigenvalue weighted by molar-refractivity contribution is -0.116. The number of carbonyl (C=O) groups excluding carboxylic acids is 1. The number of benzene rings is 1. The molecule has 1 aromatic carbocycles. The van der Waals surface area contributed by atoms with Crippen LogP contribution in [0.3, 0.4) is 0 Å². The minimum Gasteiger partial charge on any atom is -0.496 e. The number of carbonyl (C=O) groups is 1. The molecular weight excluding hydrogens is 329 g/mol.